The fraction of sp³-hybridized carbons (Fsp3) is 0.133. The first kappa shape index (κ1) is 14.7. The molecule has 0 radical (unpaired) electrons. The lowest BCUT2D eigenvalue weighted by Crippen LogP contribution is -2.17. The maximum absolute atomic E-state index is 12.1. The van der Waals surface area contributed by atoms with Crippen molar-refractivity contribution in [1.82, 2.24) is 0 Å². The molecule has 0 aromatic heterocycles. The molecular formula is C15H13Cl2NO2. The van der Waals surface area contributed by atoms with E-state index < -0.39 is 5.38 Å². The number of nitrogens with one attached hydrogen (secondary N) is 1. The number of carbonyl (C=O) groups is 1. The predicted molar refractivity (Wildman–Crippen MR) is 81.7 cm³/mol. The summed E-state index contributed by atoms with van der Waals surface area (Å²) in [4.78, 5) is 12.1. The fourth-order valence-corrected chi connectivity index (χ4v) is 2.06. The first-order valence-electron chi connectivity index (χ1n) is 5.95. The molecule has 1 unspecified atom stereocenters. The minimum Gasteiger partial charge on any atom is -0.497 e. The Hall–Kier alpha value is -1.71. The lowest BCUT2D eigenvalue weighted by molar-refractivity contribution is -0.116. The average Bonchev–Trinajstić information content (AvgIpc) is 2.49. The second-order valence-corrected chi connectivity index (χ2v) is 4.95. The molecule has 0 saturated heterocycles. The number of rotatable bonds is 4. The van der Waals surface area contributed by atoms with Crippen molar-refractivity contribution in [2.24, 2.45) is 0 Å². The molecule has 0 spiro atoms. The third-order valence-electron chi connectivity index (χ3n) is 2.75. The highest BCUT2D eigenvalue weighted by molar-refractivity contribution is 6.35. The van der Waals surface area contributed by atoms with Crippen LogP contribution in [0, 0.1) is 0 Å². The molecule has 0 saturated carbocycles. The maximum atomic E-state index is 12.1. The van der Waals surface area contributed by atoms with Crippen molar-refractivity contribution < 1.29 is 9.53 Å². The molecule has 2 aromatic carbocycles. The molecule has 1 amide bonds. The molecule has 3 nitrogen and oxygen atoms in total. The molecule has 0 heterocycles. The normalized spacial score (nSPS) is 11.8. The molecule has 1 N–H and O–H groups in total. The number of ether oxygens (including phenoxy) is 1. The number of halogens is 2. The molecule has 1 atom stereocenters. The second kappa shape index (κ2) is 6.64. The number of methoxy groups -OCH3 is 1. The molecule has 0 aliphatic heterocycles. The van der Waals surface area contributed by atoms with Gasteiger partial charge in [-0.25, -0.2) is 0 Å². The zero-order valence-electron chi connectivity index (χ0n) is 10.8. The Labute approximate surface area is 127 Å². The molecular weight excluding hydrogens is 297 g/mol. The van der Waals surface area contributed by atoms with Gasteiger partial charge in [0.1, 0.15) is 11.1 Å². The molecule has 0 aliphatic carbocycles. The molecule has 2 rings (SSSR count). The van der Waals surface area contributed by atoms with E-state index in [-0.39, 0.29) is 5.91 Å². The van der Waals surface area contributed by atoms with Gasteiger partial charge in [-0.2, -0.15) is 0 Å². The van der Waals surface area contributed by atoms with E-state index in [1.807, 2.05) is 18.2 Å². The van der Waals surface area contributed by atoms with Gasteiger partial charge < -0.3 is 10.1 Å². The number of benzene rings is 2. The molecule has 0 fully saturated rings. The third kappa shape index (κ3) is 3.44. The number of hydrogen-bond donors (Lipinski definition) is 1. The van der Waals surface area contributed by atoms with Crippen LogP contribution in [0.5, 0.6) is 5.75 Å². The Morgan fingerprint density at radius 1 is 1.20 bits per heavy atom. The van der Waals surface area contributed by atoms with Crippen molar-refractivity contribution in [1.29, 1.82) is 0 Å². The number of amides is 1. The van der Waals surface area contributed by atoms with E-state index in [0.29, 0.717) is 16.5 Å². The summed E-state index contributed by atoms with van der Waals surface area (Å²) in [6.07, 6.45) is 0. The van der Waals surface area contributed by atoms with Gasteiger partial charge in [-0.05, 0) is 17.7 Å². The van der Waals surface area contributed by atoms with Crippen molar-refractivity contribution >= 4 is 34.8 Å². The van der Waals surface area contributed by atoms with Crippen LogP contribution >= 0.6 is 23.2 Å². The monoisotopic (exact) mass is 309 g/mol. The van der Waals surface area contributed by atoms with Crippen LogP contribution in [-0.4, -0.2) is 13.0 Å². The quantitative estimate of drug-likeness (QED) is 0.857. The summed E-state index contributed by atoms with van der Waals surface area (Å²) in [6.45, 7) is 0. The standard InChI is InChI=1S/C15H13Cl2NO2/c1-20-11-7-8-12(16)13(9-11)18-15(19)14(17)10-5-3-2-4-6-10/h2-9,14H,1H3,(H,18,19). The van der Waals surface area contributed by atoms with E-state index in [9.17, 15) is 4.79 Å². The van der Waals surface area contributed by atoms with Crippen molar-refractivity contribution in [3.05, 3.63) is 59.1 Å². The van der Waals surface area contributed by atoms with Gasteiger partial charge in [-0.1, -0.05) is 41.9 Å². The van der Waals surface area contributed by atoms with Crippen molar-refractivity contribution in [2.45, 2.75) is 5.38 Å². The van der Waals surface area contributed by atoms with Crippen LogP contribution in [0.3, 0.4) is 0 Å². The maximum Gasteiger partial charge on any atom is 0.247 e. The number of alkyl halides is 1. The third-order valence-corrected chi connectivity index (χ3v) is 3.53. The summed E-state index contributed by atoms with van der Waals surface area (Å²) >= 11 is 12.2. The smallest absolute Gasteiger partial charge is 0.247 e. The minimum atomic E-state index is -0.779. The van der Waals surface area contributed by atoms with Crippen LogP contribution in [0.2, 0.25) is 5.02 Å². The highest BCUT2D eigenvalue weighted by Crippen LogP contribution is 2.29. The Bertz CT molecular complexity index is 602. The molecule has 0 bridgehead atoms. The SMILES string of the molecule is COc1ccc(Cl)c(NC(=O)C(Cl)c2ccccc2)c1. The molecule has 104 valence electrons. The Kier molecular flexibility index (Phi) is 4.88. The molecule has 2 aromatic rings. The van der Waals surface area contributed by atoms with E-state index in [1.54, 1.807) is 37.4 Å². The summed E-state index contributed by atoms with van der Waals surface area (Å²) in [6, 6.07) is 14.1. The van der Waals surface area contributed by atoms with Crippen molar-refractivity contribution in [3.8, 4) is 5.75 Å². The first-order valence-corrected chi connectivity index (χ1v) is 6.76. The summed E-state index contributed by atoms with van der Waals surface area (Å²) in [5.41, 5.74) is 1.20. The van der Waals surface area contributed by atoms with Crippen LogP contribution in [0.4, 0.5) is 5.69 Å². The van der Waals surface area contributed by atoms with Crippen LogP contribution in [0.25, 0.3) is 0 Å². The van der Waals surface area contributed by atoms with Crippen molar-refractivity contribution in [3.63, 3.8) is 0 Å². The predicted octanol–water partition coefficient (Wildman–Crippen LogP) is 4.27. The second-order valence-electron chi connectivity index (χ2n) is 4.11. The van der Waals surface area contributed by atoms with Gasteiger partial charge in [0.15, 0.2) is 0 Å². The Morgan fingerprint density at radius 2 is 1.90 bits per heavy atom. The van der Waals surface area contributed by atoms with Gasteiger partial charge in [0.05, 0.1) is 17.8 Å². The van der Waals surface area contributed by atoms with Gasteiger partial charge in [-0.3, -0.25) is 4.79 Å². The summed E-state index contributed by atoms with van der Waals surface area (Å²) in [5.74, 6) is 0.267. The highest BCUT2D eigenvalue weighted by atomic mass is 35.5. The van der Waals surface area contributed by atoms with E-state index in [2.05, 4.69) is 5.32 Å². The van der Waals surface area contributed by atoms with Crippen LogP contribution in [0.15, 0.2) is 48.5 Å². The van der Waals surface area contributed by atoms with E-state index in [1.165, 1.54) is 0 Å². The number of hydrogen-bond acceptors (Lipinski definition) is 2. The highest BCUT2D eigenvalue weighted by Gasteiger charge is 2.18. The topological polar surface area (TPSA) is 38.3 Å². The largest absolute Gasteiger partial charge is 0.497 e. The van der Waals surface area contributed by atoms with Gasteiger partial charge in [-0.15, -0.1) is 11.6 Å². The van der Waals surface area contributed by atoms with Crippen LogP contribution < -0.4 is 10.1 Å². The number of carbonyl (C=O) groups excluding carboxylic acids is 1. The van der Waals surface area contributed by atoms with Gasteiger partial charge in [0.25, 0.3) is 0 Å². The Balaban J connectivity index is 2.15. The van der Waals surface area contributed by atoms with Gasteiger partial charge in [0.2, 0.25) is 5.91 Å². The fourth-order valence-electron chi connectivity index (χ4n) is 1.70. The van der Waals surface area contributed by atoms with E-state index >= 15 is 0 Å². The van der Waals surface area contributed by atoms with Crippen molar-refractivity contribution in [2.75, 3.05) is 12.4 Å². The molecule has 20 heavy (non-hydrogen) atoms. The lowest BCUT2D eigenvalue weighted by atomic mass is 10.1. The average molecular weight is 310 g/mol. The zero-order valence-corrected chi connectivity index (χ0v) is 12.3. The van der Waals surface area contributed by atoms with E-state index in [0.717, 1.165) is 5.56 Å². The summed E-state index contributed by atoms with van der Waals surface area (Å²) < 4.78 is 5.09. The molecule has 5 heteroatoms. The lowest BCUT2D eigenvalue weighted by Gasteiger charge is -2.12. The number of anilines is 1. The van der Waals surface area contributed by atoms with Crippen LogP contribution in [-0.2, 0) is 4.79 Å². The molecule has 0 aliphatic rings. The summed E-state index contributed by atoms with van der Waals surface area (Å²) in [7, 11) is 1.54. The van der Waals surface area contributed by atoms with Crippen LogP contribution in [0.1, 0.15) is 10.9 Å². The van der Waals surface area contributed by atoms with E-state index in [4.69, 9.17) is 27.9 Å². The first-order chi connectivity index (χ1) is 9.61. The van der Waals surface area contributed by atoms with Gasteiger partial charge in [0, 0.05) is 6.07 Å². The Morgan fingerprint density at radius 3 is 2.55 bits per heavy atom. The van der Waals surface area contributed by atoms with Gasteiger partial charge >= 0.3 is 0 Å². The zero-order chi connectivity index (χ0) is 14.5. The summed E-state index contributed by atoms with van der Waals surface area (Å²) in [5, 5.41) is 2.35. The minimum absolute atomic E-state index is 0.340.